The van der Waals surface area contributed by atoms with E-state index < -0.39 is 0 Å². The van der Waals surface area contributed by atoms with Crippen molar-refractivity contribution in [3.8, 4) is 33.8 Å². The summed E-state index contributed by atoms with van der Waals surface area (Å²) in [4.78, 5) is 14.1. The average molecular weight is 337 g/mol. The van der Waals surface area contributed by atoms with Gasteiger partial charge in [0.1, 0.15) is 0 Å². The highest BCUT2D eigenvalue weighted by Gasteiger charge is 2.16. The normalized spacial score (nSPS) is 10.7. The number of nitrogens with zero attached hydrogens (tertiary/aromatic N) is 3. The van der Waals surface area contributed by atoms with E-state index in [1.165, 1.54) is 0 Å². The zero-order chi connectivity index (χ0) is 17.9. The molecule has 4 aromatic rings. The van der Waals surface area contributed by atoms with Crippen molar-refractivity contribution >= 4 is 0 Å². The molecular formula is C23H19N3. The topological polar surface area (TPSA) is 38.7 Å². The molecule has 0 radical (unpaired) electrons. The van der Waals surface area contributed by atoms with Gasteiger partial charge in [-0.15, -0.1) is 0 Å². The van der Waals surface area contributed by atoms with Crippen LogP contribution in [0.15, 0.2) is 79.0 Å². The van der Waals surface area contributed by atoms with E-state index in [0.717, 1.165) is 45.2 Å². The Balaban J connectivity index is 2.03. The molecule has 3 heteroatoms. The van der Waals surface area contributed by atoms with Crippen LogP contribution in [-0.4, -0.2) is 15.0 Å². The van der Waals surface area contributed by atoms with E-state index >= 15 is 0 Å². The molecule has 4 rings (SSSR count). The lowest BCUT2D eigenvalue weighted by Crippen LogP contribution is -1.96. The van der Waals surface area contributed by atoms with Crippen molar-refractivity contribution in [2.75, 3.05) is 0 Å². The Hall–Kier alpha value is -3.33. The summed E-state index contributed by atoms with van der Waals surface area (Å²) in [6.45, 7) is 4.02. The average Bonchev–Trinajstić information content (AvgIpc) is 2.68. The van der Waals surface area contributed by atoms with Gasteiger partial charge in [0.2, 0.25) is 0 Å². The molecule has 26 heavy (non-hydrogen) atoms. The smallest absolute Gasteiger partial charge is 0.0715 e. The highest BCUT2D eigenvalue weighted by atomic mass is 14.7. The first kappa shape index (κ1) is 16.2. The fourth-order valence-electron chi connectivity index (χ4n) is 3.15. The van der Waals surface area contributed by atoms with Gasteiger partial charge in [0.05, 0.1) is 17.1 Å². The molecule has 0 bridgehead atoms. The molecule has 0 saturated heterocycles. The monoisotopic (exact) mass is 337 g/mol. The third-order valence-electron chi connectivity index (χ3n) is 4.31. The number of aryl methyl sites for hydroxylation is 2. The summed E-state index contributed by atoms with van der Waals surface area (Å²) in [5, 5.41) is 0. The van der Waals surface area contributed by atoms with Gasteiger partial charge in [-0.2, -0.15) is 0 Å². The van der Waals surface area contributed by atoms with Gasteiger partial charge in [0.15, 0.2) is 0 Å². The summed E-state index contributed by atoms with van der Waals surface area (Å²) < 4.78 is 0. The molecule has 0 saturated carbocycles. The third kappa shape index (κ3) is 3.11. The Bertz CT molecular complexity index is 992. The predicted octanol–water partition coefficient (Wildman–Crippen LogP) is 5.49. The summed E-state index contributed by atoms with van der Waals surface area (Å²) in [5.74, 6) is 0. The maximum Gasteiger partial charge on any atom is 0.0715 e. The molecule has 0 N–H and O–H groups in total. The summed E-state index contributed by atoms with van der Waals surface area (Å²) in [6.07, 6.45) is 1.82. The number of pyridine rings is 3. The standard InChI is InChI=1S/C23H19N3/c1-16-8-5-13-20(25-16)18-10-7-11-19(21-14-6-9-17(2)26-21)23(18)22-12-3-4-15-24-22/h3-15H,1-2H3. The van der Waals surface area contributed by atoms with Crippen LogP contribution in [0.25, 0.3) is 33.8 Å². The van der Waals surface area contributed by atoms with E-state index in [-0.39, 0.29) is 0 Å². The van der Waals surface area contributed by atoms with E-state index in [4.69, 9.17) is 9.97 Å². The van der Waals surface area contributed by atoms with Gasteiger partial charge < -0.3 is 0 Å². The lowest BCUT2D eigenvalue weighted by Gasteiger charge is -2.15. The van der Waals surface area contributed by atoms with Crippen LogP contribution in [-0.2, 0) is 0 Å². The maximum absolute atomic E-state index is 4.73. The van der Waals surface area contributed by atoms with Crippen LogP contribution in [0.5, 0.6) is 0 Å². The van der Waals surface area contributed by atoms with E-state index in [0.29, 0.717) is 0 Å². The number of hydrogen-bond acceptors (Lipinski definition) is 3. The first-order valence-electron chi connectivity index (χ1n) is 8.65. The van der Waals surface area contributed by atoms with Gasteiger partial charge in [0, 0.05) is 34.3 Å². The highest BCUT2D eigenvalue weighted by Crippen LogP contribution is 2.37. The fourth-order valence-corrected chi connectivity index (χ4v) is 3.15. The van der Waals surface area contributed by atoms with Crippen LogP contribution in [0.3, 0.4) is 0 Å². The molecule has 0 aliphatic heterocycles. The van der Waals surface area contributed by atoms with Crippen LogP contribution in [0.2, 0.25) is 0 Å². The molecular weight excluding hydrogens is 318 g/mol. The zero-order valence-electron chi connectivity index (χ0n) is 14.8. The van der Waals surface area contributed by atoms with Crippen molar-refractivity contribution in [3.63, 3.8) is 0 Å². The number of rotatable bonds is 3. The van der Waals surface area contributed by atoms with E-state index in [2.05, 4.69) is 23.2 Å². The Morgan fingerprint density at radius 1 is 0.538 bits per heavy atom. The van der Waals surface area contributed by atoms with Crippen LogP contribution < -0.4 is 0 Å². The lowest BCUT2D eigenvalue weighted by molar-refractivity contribution is 1.19. The highest BCUT2D eigenvalue weighted by molar-refractivity contribution is 5.91. The minimum Gasteiger partial charge on any atom is -0.256 e. The number of hydrogen-bond donors (Lipinski definition) is 0. The Morgan fingerprint density at radius 2 is 1.08 bits per heavy atom. The zero-order valence-corrected chi connectivity index (χ0v) is 14.8. The van der Waals surface area contributed by atoms with Crippen LogP contribution in [0, 0.1) is 13.8 Å². The van der Waals surface area contributed by atoms with E-state index in [9.17, 15) is 0 Å². The van der Waals surface area contributed by atoms with Crippen molar-refractivity contribution in [2.45, 2.75) is 13.8 Å². The molecule has 0 aliphatic rings. The van der Waals surface area contributed by atoms with Crippen LogP contribution in [0.4, 0.5) is 0 Å². The molecule has 0 spiro atoms. The maximum atomic E-state index is 4.73. The molecule has 126 valence electrons. The summed E-state index contributed by atoms with van der Waals surface area (Å²) in [6, 6.07) is 24.4. The molecule has 3 aromatic heterocycles. The van der Waals surface area contributed by atoms with Gasteiger partial charge in [-0.05, 0) is 50.2 Å². The minimum atomic E-state index is 0.921. The molecule has 0 unspecified atom stereocenters. The minimum absolute atomic E-state index is 0.921. The molecule has 1 aromatic carbocycles. The lowest BCUT2D eigenvalue weighted by atomic mass is 9.93. The third-order valence-corrected chi connectivity index (χ3v) is 4.31. The summed E-state index contributed by atoms with van der Waals surface area (Å²) >= 11 is 0. The van der Waals surface area contributed by atoms with Crippen molar-refractivity contribution < 1.29 is 0 Å². The molecule has 3 nitrogen and oxygen atoms in total. The van der Waals surface area contributed by atoms with Crippen molar-refractivity contribution in [1.29, 1.82) is 0 Å². The number of benzene rings is 1. The van der Waals surface area contributed by atoms with Gasteiger partial charge in [0.25, 0.3) is 0 Å². The van der Waals surface area contributed by atoms with Crippen LogP contribution in [0.1, 0.15) is 11.4 Å². The molecule has 3 heterocycles. The quantitative estimate of drug-likeness (QED) is 0.496. The Labute approximate surface area is 153 Å². The number of aromatic nitrogens is 3. The van der Waals surface area contributed by atoms with Crippen molar-refractivity contribution in [2.24, 2.45) is 0 Å². The van der Waals surface area contributed by atoms with E-state index in [1.807, 2.05) is 74.6 Å². The second-order valence-corrected chi connectivity index (χ2v) is 6.27. The van der Waals surface area contributed by atoms with Crippen LogP contribution >= 0.6 is 0 Å². The van der Waals surface area contributed by atoms with Gasteiger partial charge in [-0.3, -0.25) is 15.0 Å². The second-order valence-electron chi connectivity index (χ2n) is 6.27. The SMILES string of the molecule is Cc1cccc(-c2cccc(-c3cccc(C)n3)c2-c2ccccn2)n1. The first-order valence-corrected chi connectivity index (χ1v) is 8.65. The molecule has 0 aliphatic carbocycles. The molecule has 0 amide bonds. The van der Waals surface area contributed by atoms with Gasteiger partial charge in [-0.25, -0.2) is 0 Å². The van der Waals surface area contributed by atoms with Crippen molar-refractivity contribution in [1.82, 2.24) is 15.0 Å². The van der Waals surface area contributed by atoms with Gasteiger partial charge >= 0.3 is 0 Å². The largest absolute Gasteiger partial charge is 0.256 e. The Morgan fingerprint density at radius 3 is 1.58 bits per heavy atom. The molecule has 0 fully saturated rings. The second kappa shape index (κ2) is 6.89. The predicted molar refractivity (Wildman–Crippen MR) is 106 cm³/mol. The molecule has 0 atom stereocenters. The van der Waals surface area contributed by atoms with Crippen molar-refractivity contribution in [3.05, 3.63) is 90.4 Å². The Kier molecular flexibility index (Phi) is 4.28. The fraction of sp³-hybridized carbons (Fsp3) is 0.0870. The van der Waals surface area contributed by atoms with E-state index in [1.54, 1.807) is 0 Å². The summed E-state index contributed by atoms with van der Waals surface area (Å²) in [7, 11) is 0. The first-order chi connectivity index (χ1) is 12.7. The summed E-state index contributed by atoms with van der Waals surface area (Å²) in [5.41, 5.74) is 7.98. The van der Waals surface area contributed by atoms with Gasteiger partial charge in [-0.1, -0.05) is 36.4 Å².